The monoisotopic (exact) mass is 289 g/mol. The molecule has 6 heteroatoms. The van der Waals surface area contributed by atoms with E-state index in [9.17, 15) is 14.4 Å². The van der Waals surface area contributed by atoms with Crippen LogP contribution in [0.3, 0.4) is 0 Å². The average Bonchev–Trinajstić information content (AvgIpc) is 3.28. The summed E-state index contributed by atoms with van der Waals surface area (Å²) in [5.74, 6) is -0.102. The minimum absolute atomic E-state index is 0.0731. The van der Waals surface area contributed by atoms with E-state index in [4.69, 9.17) is 0 Å². The standard InChI is InChI=1S/C15H19N3O3/c1-10(19)18-13-6-4-12(5-7-13)15(21)17-9-8-16-14(20)11-2-3-11/h4-7,11H,2-3,8-9H2,1H3,(H,16,20)(H,17,21)(H,18,19). The van der Waals surface area contributed by atoms with Crippen molar-refractivity contribution in [3.63, 3.8) is 0 Å². The molecule has 0 saturated heterocycles. The van der Waals surface area contributed by atoms with Crippen LogP contribution >= 0.6 is 0 Å². The predicted molar refractivity (Wildman–Crippen MR) is 78.8 cm³/mol. The van der Waals surface area contributed by atoms with Gasteiger partial charge in [0.25, 0.3) is 5.91 Å². The van der Waals surface area contributed by atoms with Gasteiger partial charge in [-0.2, -0.15) is 0 Å². The number of carbonyl (C=O) groups is 3. The Bertz CT molecular complexity index is 536. The number of anilines is 1. The van der Waals surface area contributed by atoms with Gasteiger partial charge in [-0.05, 0) is 37.1 Å². The van der Waals surface area contributed by atoms with Crippen molar-refractivity contribution >= 4 is 23.4 Å². The number of amides is 3. The summed E-state index contributed by atoms with van der Waals surface area (Å²) in [6, 6.07) is 6.63. The van der Waals surface area contributed by atoms with Gasteiger partial charge in [0, 0.05) is 37.2 Å². The zero-order valence-electron chi connectivity index (χ0n) is 11.9. The van der Waals surface area contributed by atoms with Crippen LogP contribution in [0.15, 0.2) is 24.3 Å². The Kier molecular flexibility index (Phi) is 4.92. The molecule has 0 radical (unpaired) electrons. The van der Waals surface area contributed by atoms with Crippen molar-refractivity contribution in [2.75, 3.05) is 18.4 Å². The quantitative estimate of drug-likeness (QED) is 0.680. The number of benzene rings is 1. The number of nitrogens with one attached hydrogen (secondary N) is 3. The fourth-order valence-corrected chi connectivity index (χ4v) is 1.86. The summed E-state index contributed by atoms with van der Waals surface area (Å²) in [5, 5.41) is 8.15. The Morgan fingerprint density at radius 2 is 1.67 bits per heavy atom. The number of hydrogen-bond donors (Lipinski definition) is 3. The van der Waals surface area contributed by atoms with E-state index in [0.717, 1.165) is 12.8 Å². The van der Waals surface area contributed by atoms with Gasteiger partial charge >= 0.3 is 0 Å². The van der Waals surface area contributed by atoms with Gasteiger partial charge in [-0.15, -0.1) is 0 Å². The van der Waals surface area contributed by atoms with Gasteiger partial charge in [-0.25, -0.2) is 0 Å². The molecule has 0 aromatic heterocycles. The molecular weight excluding hydrogens is 270 g/mol. The first kappa shape index (κ1) is 15.0. The SMILES string of the molecule is CC(=O)Nc1ccc(C(=O)NCCNC(=O)C2CC2)cc1. The van der Waals surface area contributed by atoms with Crippen molar-refractivity contribution in [1.29, 1.82) is 0 Å². The summed E-state index contributed by atoms with van der Waals surface area (Å²) in [4.78, 5) is 34.1. The molecule has 1 saturated carbocycles. The lowest BCUT2D eigenvalue weighted by Crippen LogP contribution is -2.35. The normalized spacial score (nSPS) is 13.4. The highest BCUT2D eigenvalue weighted by molar-refractivity contribution is 5.95. The second-order valence-corrected chi connectivity index (χ2v) is 5.08. The second-order valence-electron chi connectivity index (χ2n) is 5.08. The Hall–Kier alpha value is -2.37. The van der Waals surface area contributed by atoms with Gasteiger partial charge in [0.05, 0.1) is 0 Å². The van der Waals surface area contributed by atoms with Crippen LogP contribution in [0.2, 0.25) is 0 Å². The molecule has 1 aliphatic carbocycles. The maximum atomic E-state index is 11.9. The maximum Gasteiger partial charge on any atom is 0.251 e. The Morgan fingerprint density at radius 1 is 1.05 bits per heavy atom. The van der Waals surface area contributed by atoms with Crippen molar-refractivity contribution in [2.24, 2.45) is 5.92 Å². The average molecular weight is 289 g/mol. The van der Waals surface area contributed by atoms with E-state index in [0.29, 0.717) is 24.3 Å². The van der Waals surface area contributed by atoms with Crippen molar-refractivity contribution < 1.29 is 14.4 Å². The smallest absolute Gasteiger partial charge is 0.251 e. The van der Waals surface area contributed by atoms with E-state index in [1.807, 2.05) is 0 Å². The van der Waals surface area contributed by atoms with E-state index in [1.165, 1.54) is 6.92 Å². The molecule has 0 unspecified atom stereocenters. The molecule has 1 aromatic rings. The van der Waals surface area contributed by atoms with Crippen LogP contribution in [-0.2, 0) is 9.59 Å². The molecule has 1 aliphatic rings. The van der Waals surface area contributed by atoms with Crippen LogP contribution in [0.4, 0.5) is 5.69 Å². The molecule has 0 aliphatic heterocycles. The summed E-state index contributed by atoms with van der Waals surface area (Å²) < 4.78 is 0. The van der Waals surface area contributed by atoms with Crippen LogP contribution in [0, 0.1) is 5.92 Å². The van der Waals surface area contributed by atoms with Crippen LogP contribution in [0.5, 0.6) is 0 Å². The van der Waals surface area contributed by atoms with Gasteiger partial charge in [0.2, 0.25) is 11.8 Å². The van der Waals surface area contributed by atoms with E-state index in [1.54, 1.807) is 24.3 Å². The molecule has 1 aromatic carbocycles. The summed E-state index contributed by atoms with van der Waals surface area (Å²) in [6.07, 6.45) is 1.94. The zero-order chi connectivity index (χ0) is 15.2. The zero-order valence-corrected chi connectivity index (χ0v) is 11.9. The lowest BCUT2D eigenvalue weighted by atomic mass is 10.2. The third-order valence-corrected chi connectivity index (χ3v) is 3.13. The second kappa shape index (κ2) is 6.88. The molecule has 0 atom stereocenters. The predicted octanol–water partition coefficient (Wildman–Crippen LogP) is 0.901. The Morgan fingerprint density at radius 3 is 2.24 bits per heavy atom. The van der Waals surface area contributed by atoms with Crippen LogP contribution in [-0.4, -0.2) is 30.8 Å². The summed E-state index contributed by atoms with van der Waals surface area (Å²) >= 11 is 0. The summed E-state index contributed by atoms with van der Waals surface area (Å²) in [5.41, 5.74) is 1.16. The topological polar surface area (TPSA) is 87.3 Å². The van der Waals surface area contributed by atoms with Gasteiger partial charge in [0.15, 0.2) is 0 Å². The van der Waals surface area contributed by atoms with Crippen molar-refractivity contribution in [1.82, 2.24) is 10.6 Å². The van der Waals surface area contributed by atoms with E-state index >= 15 is 0 Å². The molecule has 21 heavy (non-hydrogen) atoms. The highest BCUT2D eigenvalue weighted by atomic mass is 16.2. The number of hydrogen-bond acceptors (Lipinski definition) is 3. The molecule has 1 fully saturated rings. The van der Waals surface area contributed by atoms with E-state index in [2.05, 4.69) is 16.0 Å². The fourth-order valence-electron chi connectivity index (χ4n) is 1.86. The van der Waals surface area contributed by atoms with Crippen LogP contribution in [0.1, 0.15) is 30.1 Å². The van der Waals surface area contributed by atoms with Gasteiger partial charge in [-0.3, -0.25) is 14.4 Å². The summed E-state index contributed by atoms with van der Waals surface area (Å²) in [7, 11) is 0. The number of carbonyl (C=O) groups excluding carboxylic acids is 3. The van der Waals surface area contributed by atoms with Crippen molar-refractivity contribution in [2.45, 2.75) is 19.8 Å². The summed E-state index contributed by atoms with van der Waals surface area (Å²) in [6.45, 7) is 2.26. The number of rotatable bonds is 6. The van der Waals surface area contributed by atoms with Crippen LogP contribution < -0.4 is 16.0 Å². The van der Waals surface area contributed by atoms with Crippen molar-refractivity contribution in [3.8, 4) is 0 Å². The third-order valence-electron chi connectivity index (χ3n) is 3.13. The largest absolute Gasteiger partial charge is 0.354 e. The molecule has 3 amide bonds. The molecule has 0 heterocycles. The van der Waals surface area contributed by atoms with Gasteiger partial charge in [-0.1, -0.05) is 0 Å². The molecule has 112 valence electrons. The van der Waals surface area contributed by atoms with E-state index < -0.39 is 0 Å². The molecular formula is C15H19N3O3. The molecule has 2 rings (SSSR count). The van der Waals surface area contributed by atoms with Gasteiger partial charge in [0.1, 0.15) is 0 Å². The maximum absolute atomic E-state index is 11.9. The molecule has 0 bridgehead atoms. The lowest BCUT2D eigenvalue weighted by Gasteiger charge is -2.07. The van der Waals surface area contributed by atoms with Crippen molar-refractivity contribution in [3.05, 3.63) is 29.8 Å². The van der Waals surface area contributed by atoms with E-state index in [-0.39, 0.29) is 23.6 Å². The minimum atomic E-state index is -0.204. The molecule has 0 spiro atoms. The third kappa shape index (κ3) is 4.91. The first-order valence-electron chi connectivity index (χ1n) is 7.00. The lowest BCUT2D eigenvalue weighted by molar-refractivity contribution is -0.122. The Labute approximate surface area is 123 Å². The molecule has 3 N–H and O–H groups in total. The first-order valence-corrected chi connectivity index (χ1v) is 7.00. The highest BCUT2D eigenvalue weighted by Gasteiger charge is 2.28. The molecule has 6 nitrogen and oxygen atoms in total. The fraction of sp³-hybridized carbons (Fsp3) is 0.400. The Balaban J connectivity index is 1.72. The van der Waals surface area contributed by atoms with Crippen LogP contribution in [0.25, 0.3) is 0 Å². The highest BCUT2D eigenvalue weighted by Crippen LogP contribution is 2.28. The minimum Gasteiger partial charge on any atom is -0.354 e. The van der Waals surface area contributed by atoms with Gasteiger partial charge < -0.3 is 16.0 Å². The first-order chi connectivity index (χ1) is 10.1.